The molecule has 4 N–H and O–H groups in total. The van der Waals surface area contributed by atoms with Crippen molar-refractivity contribution in [3.63, 3.8) is 0 Å². The summed E-state index contributed by atoms with van der Waals surface area (Å²) in [5.41, 5.74) is 12.6. The lowest BCUT2D eigenvalue weighted by Gasteiger charge is -2.34. The third-order valence-electron chi connectivity index (χ3n) is 3.49. The summed E-state index contributed by atoms with van der Waals surface area (Å²) in [4.78, 5) is 11.8. The number of carbonyl (C=O) groups excluding carboxylic acids is 1. The number of hydrogen-bond acceptors (Lipinski definition) is 5. The van der Waals surface area contributed by atoms with Gasteiger partial charge in [0.2, 0.25) is 0 Å². The summed E-state index contributed by atoms with van der Waals surface area (Å²) in [6.45, 7) is 6.28. The van der Waals surface area contributed by atoms with Gasteiger partial charge in [-0.25, -0.2) is 4.79 Å². The van der Waals surface area contributed by atoms with Crippen molar-refractivity contribution in [2.75, 3.05) is 6.61 Å². The van der Waals surface area contributed by atoms with Crippen molar-refractivity contribution in [2.24, 2.45) is 11.5 Å². The molecule has 0 bridgehead atoms. The lowest BCUT2D eigenvalue weighted by atomic mass is 9.89. The first-order valence-corrected chi connectivity index (χ1v) is 7.07. The van der Waals surface area contributed by atoms with E-state index in [4.69, 9.17) is 20.9 Å². The summed E-state index contributed by atoms with van der Waals surface area (Å²) >= 11 is 0. The van der Waals surface area contributed by atoms with E-state index in [2.05, 4.69) is 13.8 Å². The minimum atomic E-state index is -0.317. The fourth-order valence-electron chi connectivity index (χ4n) is 2.22. The van der Waals surface area contributed by atoms with Crippen LogP contribution in [-0.4, -0.2) is 36.9 Å². The van der Waals surface area contributed by atoms with Crippen molar-refractivity contribution >= 4 is 5.97 Å². The van der Waals surface area contributed by atoms with Crippen LogP contribution in [0, 0.1) is 0 Å². The normalized spacial score (nSPS) is 27.3. The van der Waals surface area contributed by atoms with E-state index >= 15 is 0 Å². The molecule has 1 aliphatic carbocycles. The maximum atomic E-state index is 11.8. The zero-order chi connectivity index (χ0) is 14.4. The largest absolute Gasteiger partial charge is 0.463 e. The molecular formula is C14H26N2O3. The van der Waals surface area contributed by atoms with Crippen molar-refractivity contribution in [1.82, 2.24) is 0 Å². The van der Waals surface area contributed by atoms with Gasteiger partial charge in [-0.2, -0.15) is 0 Å². The van der Waals surface area contributed by atoms with Gasteiger partial charge in [-0.1, -0.05) is 13.8 Å². The summed E-state index contributed by atoms with van der Waals surface area (Å²) < 4.78 is 11.0. The van der Waals surface area contributed by atoms with Gasteiger partial charge in [0.15, 0.2) is 0 Å². The molecule has 0 aromatic rings. The topological polar surface area (TPSA) is 87.6 Å². The molecule has 110 valence electrons. The molecular weight excluding hydrogens is 244 g/mol. The molecule has 0 fully saturated rings. The van der Waals surface area contributed by atoms with Crippen LogP contribution in [0.5, 0.6) is 0 Å². The molecule has 0 saturated heterocycles. The number of nitrogens with two attached hydrogens (primary N) is 2. The smallest absolute Gasteiger partial charge is 0.333 e. The molecule has 0 unspecified atom stereocenters. The van der Waals surface area contributed by atoms with E-state index in [0.29, 0.717) is 18.6 Å². The Hall–Kier alpha value is -0.910. The predicted molar refractivity (Wildman–Crippen MR) is 74.5 cm³/mol. The minimum Gasteiger partial charge on any atom is -0.463 e. The van der Waals surface area contributed by atoms with Crippen LogP contribution in [0.4, 0.5) is 0 Å². The fraction of sp³-hybridized carbons (Fsp3) is 0.786. The summed E-state index contributed by atoms with van der Waals surface area (Å²) in [7, 11) is 0. The molecule has 0 aromatic carbocycles. The number of ether oxygens (including phenoxy) is 2. The van der Waals surface area contributed by atoms with Gasteiger partial charge >= 0.3 is 5.97 Å². The van der Waals surface area contributed by atoms with Crippen molar-refractivity contribution in [2.45, 2.75) is 64.3 Å². The van der Waals surface area contributed by atoms with Gasteiger partial charge in [0.05, 0.1) is 18.8 Å². The Kier molecular flexibility index (Phi) is 6.48. The maximum absolute atomic E-state index is 11.8. The second-order valence-electron chi connectivity index (χ2n) is 4.90. The third-order valence-corrected chi connectivity index (χ3v) is 3.49. The minimum absolute atomic E-state index is 0.140. The SMILES string of the molecule is CCOC(=O)C1=C[C@@H](OC(CC)CC)[C@H](N)[C@@H](N)C1. The summed E-state index contributed by atoms with van der Waals surface area (Å²) in [6.07, 6.45) is 3.89. The van der Waals surface area contributed by atoms with Gasteiger partial charge in [0, 0.05) is 17.7 Å². The fourth-order valence-corrected chi connectivity index (χ4v) is 2.22. The average molecular weight is 270 g/mol. The first-order valence-electron chi connectivity index (χ1n) is 7.07. The van der Waals surface area contributed by atoms with Crippen molar-refractivity contribution in [1.29, 1.82) is 0 Å². The summed E-state index contributed by atoms with van der Waals surface area (Å²) in [6, 6.07) is -0.553. The van der Waals surface area contributed by atoms with E-state index in [9.17, 15) is 4.79 Å². The second kappa shape index (κ2) is 7.62. The first-order chi connectivity index (χ1) is 9.03. The lowest BCUT2D eigenvalue weighted by molar-refractivity contribution is -0.139. The van der Waals surface area contributed by atoms with Crippen molar-refractivity contribution in [3.05, 3.63) is 11.6 Å². The van der Waals surface area contributed by atoms with Crippen molar-refractivity contribution < 1.29 is 14.3 Å². The zero-order valence-electron chi connectivity index (χ0n) is 12.1. The van der Waals surface area contributed by atoms with E-state index in [1.54, 1.807) is 13.0 Å². The van der Waals surface area contributed by atoms with E-state index in [1.165, 1.54) is 0 Å². The first kappa shape index (κ1) is 16.1. The van der Waals surface area contributed by atoms with E-state index in [-0.39, 0.29) is 30.3 Å². The number of hydrogen-bond donors (Lipinski definition) is 2. The molecule has 0 saturated carbocycles. The summed E-state index contributed by atoms with van der Waals surface area (Å²) in [5, 5.41) is 0. The van der Waals surface area contributed by atoms with Crippen LogP contribution in [0.1, 0.15) is 40.0 Å². The highest BCUT2D eigenvalue weighted by Gasteiger charge is 2.32. The van der Waals surface area contributed by atoms with Gasteiger partial charge < -0.3 is 20.9 Å². The zero-order valence-corrected chi connectivity index (χ0v) is 12.1. The van der Waals surface area contributed by atoms with E-state index in [1.807, 2.05) is 0 Å². The van der Waals surface area contributed by atoms with Crippen LogP contribution in [0.25, 0.3) is 0 Å². The Bertz CT molecular complexity index is 327. The molecule has 3 atom stereocenters. The maximum Gasteiger partial charge on any atom is 0.333 e. The van der Waals surface area contributed by atoms with Gasteiger partial charge in [0.1, 0.15) is 0 Å². The van der Waals surface area contributed by atoms with Gasteiger partial charge in [-0.05, 0) is 32.3 Å². The van der Waals surface area contributed by atoms with Gasteiger partial charge in [-0.3, -0.25) is 0 Å². The van der Waals surface area contributed by atoms with E-state index in [0.717, 1.165) is 12.8 Å². The van der Waals surface area contributed by atoms with Crippen molar-refractivity contribution in [3.8, 4) is 0 Å². The molecule has 0 aromatic heterocycles. The molecule has 0 heterocycles. The van der Waals surface area contributed by atoms with Crippen LogP contribution >= 0.6 is 0 Å². The highest BCUT2D eigenvalue weighted by Crippen LogP contribution is 2.22. The molecule has 0 spiro atoms. The molecule has 1 rings (SSSR count). The molecule has 0 amide bonds. The van der Waals surface area contributed by atoms with Crippen LogP contribution in [0.3, 0.4) is 0 Å². The summed E-state index contributed by atoms with van der Waals surface area (Å²) in [5.74, 6) is -0.317. The Labute approximate surface area is 115 Å². The van der Waals surface area contributed by atoms with Crippen LogP contribution in [0.15, 0.2) is 11.6 Å². The van der Waals surface area contributed by atoms with Gasteiger partial charge in [-0.15, -0.1) is 0 Å². The van der Waals surface area contributed by atoms with Crippen LogP contribution in [0.2, 0.25) is 0 Å². The highest BCUT2D eigenvalue weighted by molar-refractivity contribution is 5.89. The number of esters is 1. The van der Waals surface area contributed by atoms with Crippen LogP contribution in [-0.2, 0) is 14.3 Å². The molecule has 1 aliphatic rings. The molecule has 5 nitrogen and oxygen atoms in total. The average Bonchev–Trinajstić information content (AvgIpc) is 2.40. The second-order valence-corrected chi connectivity index (χ2v) is 4.90. The predicted octanol–water partition coefficient (Wildman–Crippen LogP) is 1.11. The lowest BCUT2D eigenvalue weighted by Crippen LogP contribution is -2.53. The van der Waals surface area contributed by atoms with Crippen LogP contribution < -0.4 is 11.5 Å². The monoisotopic (exact) mass is 270 g/mol. The quantitative estimate of drug-likeness (QED) is 0.706. The third kappa shape index (κ3) is 4.30. The molecule has 5 heteroatoms. The van der Waals surface area contributed by atoms with Gasteiger partial charge in [0.25, 0.3) is 0 Å². The van der Waals surface area contributed by atoms with E-state index < -0.39 is 0 Å². The molecule has 19 heavy (non-hydrogen) atoms. The Morgan fingerprint density at radius 3 is 2.53 bits per heavy atom. The standard InChI is InChI=1S/C14H26N2O3/c1-4-10(5-2)19-12-8-9(14(17)18-6-3)7-11(15)13(12)16/h8,10-13H,4-7,15-16H2,1-3H3/t11-,12+,13+/m0/s1. The Balaban J connectivity index is 2.81. The number of rotatable bonds is 6. The molecule has 0 radical (unpaired) electrons. The molecule has 0 aliphatic heterocycles. The number of carbonyl (C=O) groups is 1. The highest BCUT2D eigenvalue weighted by atomic mass is 16.5. The Morgan fingerprint density at radius 2 is 2.00 bits per heavy atom. The Morgan fingerprint density at radius 1 is 1.37 bits per heavy atom.